The van der Waals surface area contributed by atoms with Crippen molar-refractivity contribution in [2.24, 2.45) is 0 Å². The summed E-state index contributed by atoms with van der Waals surface area (Å²) < 4.78 is 5.81. The van der Waals surface area contributed by atoms with Crippen LogP contribution in [0.25, 0.3) is 0 Å². The van der Waals surface area contributed by atoms with E-state index < -0.39 is 0 Å². The lowest BCUT2D eigenvalue weighted by atomic mass is 10.1. The van der Waals surface area contributed by atoms with Gasteiger partial charge in [-0.2, -0.15) is 0 Å². The van der Waals surface area contributed by atoms with Gasteiger partial charge >= 0.3 is 0 Å². The van der Waals surface area contributed by atoms with Gasteiger partial charge in [0.1, 0.15) is 12.4 Å². The average Bonchev–Trinajstić information content (AvgIpc) is 2.38. The molecule has 94 valence electrons. The fourth-order valence-electron chi connectivity index (χ4n) is 1.89. The lowest BCUT2D eigenvalue weighted by Gasteiger charge is -2.12. The molecule has 0 bridgehead atoms. The van der Waals surface area contributed by atoms with Crippen LogP contribution in [0.2, 0.25) is 0 Å². The maximum Gasteiger partial charge on any atom is 0.166 e. The second kappa shape index (κ2) is 5.96. The summed E-state index contributed by atoms with van der Waals surface area (Å²) in [5, 5.41) is 0.858. The average molecular weight is 307 g/mol. The summed E-state index contributed by atoms with van der Waals surface area (Å²) in [4.78, 5) is 8.29. The van der Waals surface area contributed by atoms with Gasteiger partial charge in [-0.25, -0.2) is 9.97 Å². The molecule has 0 saturated heterocycles. The molecule has 0 spiro atoms. The van der Waals surface area contributed by atoms with Gasteiger partial charge in [-0.05, 0) is 36.6 Å². The Morgan fingerprint density at radius 3 is 2.28 bits per heavy atom. The Morgan fingerprint density at radius 2 is 1.72 bits per heavy atom. The molecule has 2 rings (SSSR count). The number of halogens is 1. The summed E-state index contributed by atoms with van der Waals surface area (Å²) in [6.45, 7) is 4.51. The molecule has 0 fully saturated rings. The number of aromatic nitrogens is 2. The zero-order valence-electron chi connectivity index (χ0n) is 10.5. The molecular weight excluding hydrogens is 292 g/mol. The lowest BCUT2D eigenvalue weighted by molar-refractivity contribution is 0.291. The van der Waals surface area contributed by atoms with Gasteiger partial charge in [0.05, 0.1) is 0 Å². The molecule has 2 aromatic rings. The smallest absolute Gasteiger partial charge is 0.166 e. The van der Waals surface area contributed by atoms with Gasteiger partial charge in [-0.15, -0.1) is 0 Å². The summed E-state index contributed by atoms with van der Waals surface area (Å²) in [7, 11) is 0. The van der Waals surface area contributed by atoms with Crippen molar-refractivity contribution in [2.75, 3.05) is 0 Å². The number of benzene rings is 1. The van der Waals surface area contributed by atoms with Crippen LogP contribution in [0.15, 0.2) is 30.6 Å². The van der Waals surface area contributed by atoms with Gasteiger partial charge in [0.25, 0.3) is 0 Å². The summed E-state index contributed by atoms with van der Waals surface area (Å²) in [5.41, 5.74) is 3.54. The number of nitrogens with zero attached hydrogens (tertiary/aromatic N) is 2. The Morgan fingerprint density at radius 1 is 1.11 bits per heavy atom. The van der Waals surface area contributed by atoms with Crippen LogP contribution >= 0.6 is 15.9 Å². The van der Waals surface area contributed by atoms with Gasteiger partial charge in [0.15, 0.2) is 5.82 Å². The van der Waals surface area contributed by atoms with Gasteiger partial charge in [0.2, 0.25) is 0 Å². The minimum atomic E-state index is 0.399. The summed E-state index contributed by atoms with van der Waals surface area (Å²) >= 11 is 3.47. The minimum Gasteiger partial charge on any atom is -0.485 e. The van der Waals surface area contributed by atoms with Crippen molar-refractivity contribution >= 4 is 15.9 Å². The van der Waals surface area contributed by atoms with Crippen LogP contribution in [0.3, 0.4) is 0 Å². The van der Waals surface area contributed by atoms with Crippen molar-refractivity contribution < 1.29 is 4.74 Å². The van der Waals surface area contributed by atoms with E-state index in [-0.39, 0.29) is 0 Å². The topological polar surface area (TPSA) is 35.0 Å². The van der Waals surface area contributed by atoms with E-state index in [1.165, 1.54) is 5.56 Å². The van der Waals surface area contributed by atoms with E-state index in [4.69, 9.17) is 4.74 Å². The highest BCUT2D eigenvalue weighted by molar-refractivity contribution is 9.08. The van der Waals surface area contributed by atoms with E-state index in [1.807, 2.05) is 0 Å². The van der Waals surface area contributed by atoms with Gasteiger partial charge in [-0.1, -0.05) is 28.1 Å². The van der Waals surface area contributed by atoms with Crippen LogP contribution in [0, 0.1) is 13.8 Å². The van der Waals surface area contributed by atoms with Crippen LogP contribution in [0.1, 0.15) is 22.5 Å². The molecule has 0 aliphatic carbocycles. The first kappa shape index (κ1) is 13.0. The number of aryl methyl sites for hydroxylation is 2. The molecule has 0 aliphatic heterocycles. The highest BCUT2D eigenvalue weighted by Crippen LogP contribution is 2.26. The molecule has 0 radical (unpaired) electrons. The largest absolute Gasteiger partial charge is 0.485 e. The number of rotatable bonds is 4. The standard InChI is InChI=1S/C14H15BrN2O/c1-10-6-12(8-15)7-11(2)14(10)18-9-13-16-4-3-5-17-13/h3-7H,8-9H2,1-2H3. The molecule has 3 nitrogen and oxygen atoms in total. The van der Waals surface area contributed by atoms with Crippen LogP contribution in [-0.2, 0) is 11.9 Å². The van der Waals surface area contributed by atoms with Gasteiger partial charge in [0, 0.05) is 17.7 Å². The third kappa shape index (κ3) is 3.07. The number of ether oxygens (including phenoxy) is 1. The predicted octanol–water partition coefficient (Wildman–Crippen LogP) is 3.57. The van der Waals surface area contributed by atoms with Gasteiger partial charge < -0.3 is 4.74 Å². The van der Waals surface area contributed by atoms with Crippen molar-refractivity contribution in [1.29, 1.82) is 0 Å². The van der Waals surface area contributed by atoms with Crippen LogP contribution in [-0.4, -0.2) is 9.97 Å². The van der Waals surface area contributed by atoms with Crippen molar-refractivity contribution in [3.8, 4) is 5.75 Å². The maximum absolute atomic E-state index is 5.81. The second-order valence-electron chi connectivity index (χ2n) is 4.15. The molecule has 18 heavy (non-hydrogen) atoms. The Balaban J connectivity index is 2.15. The molecule has 0 atom stereocenters. The van der Waals surface area contributed by atoms with Gasteiger partial charge in [-0.3, -0.25) is 0 Å². The van der Waals surface area contributed by atoms with Crippen molar-refractivity contribution in [2.45, 2.75) is 25.8 Å². The summed E-state index contributed by atoms with van der Waals surface area (Å²) in [6, 6.07) is 6.05. The second-order valence-corrected chi connectivity index (χ2v) is 4.71. The molecule has 0 N–H and O–H groups in total. The Labute approximate surface area is 115 Å². The quantitative estimate of drug-likeness (QED) is 0.810. The van der Waals surface area contributed by atoms with E-state index in [1.54, 1.807) is 18.5 Å². The van der Waals surface area contributed by atoms with E-state index in [0.717, 1.165) is 22.2 Å². The number of hydrogen-bond acceptors (Lipinski definition) is 3. The monoisotopic (exact) mass is 306 g/mol. The number of hydrogen-bond donors (Lipinski definition) is 0. The molecule has 0 unspecified atom stereocenters. The van der Waals surface area contributed by atoms with Crippen molar-refractivity contribution in [3.05, 3.63) is 53.1 Å². The first-order chi connectivity index (χ1) is 8.70. The third-order valence-corrected chi connectivity index (χ3v) is 3.29. The molecule has 1 heterocycles. The van der Waals surface area contributed by atoms with Crippen molar-refractivity contribution in [1.82, 2.24) is 9.97 Å². The van der Waals surface area contributed by atoms with Crippen molar-refractivity contribution in [3.63, 3.8) is 0 Å². The fraction of sp³-hybridized carbons (Fsp3) is 0.286. The van der Waals surface area contributed by atoms with E-state index >= 15 is 0 Å². The minimum absolute atomic E-state index is 0.399. The molecule has 0 saturated carbocycles. The summed E-state index contributed by atoms with van der Waals surface area (Å²) in [6.07, 6.45) is 3.44. The fourth-order valence-corrected chi connectivity index (χ4v) is 2.21. The predicted molar refractivity (Wildman–Crippen MR) is 74.9 cm³/mol. The van der Waals surface area contributed by atoms with Crippen LogP contribution in [0.5, 0.6) is 5.75 Å². The zero-order valence-corrected chi connectivity index (χ0v) is 12.1. The number of alkyl halides is 1. The molecule has 1 aromatic carbocycles. The molecule has 0 aliphatic rings. The first-order valence-corrected chi connectivity index (χ1v) is 6.87. The Kier molecular flexibility index (Phi) is 4.31. The molecule has 1 aromatic heterocycles. The SMILES string of the molecule is Cc1cc(CBr)cc(C)c1OCc1ncccn1. The van der Waals surface area contributed by atoms with E-state index in [9.17, 15) is 0 Å². The highest BCUT2D eigenvalue weighted by atomic mass is 79.9. The highest BCUT2D eigenvalue weighted by Gasteiger charge is 2.07. The lowest BCUT2D eigenvalue weighted by Crippen LogP contribution is -2.03. The Hall–Kier alpha value is -1.42. The van der Waals surface area contributed by atoms with Crippen LogP contribution in [0.4, 0.5) is 0 Å². The first-order valence-electron chi connectivity index (χ1n) is 5.75. The zero-order chi connectivity index (χ0) is 13.0. The summed E-state index contributed by atoms with van der Waals surface area (Å²) in [5.74, 6) is 1.62. The van der Waals surface area contributed by atoms with Crippen LogP contribution < -0.4 is 4.74 Å². The molecular formula is C14H15BrN2O. The molecule has 0 amide bonds. The third-order valence-electron chi connectivity index (χ3n) is 2.64. The van der Waals surface area contributed by atoms with E-state index in [0.29, 0.717) is 12.4 Å². The van der Waals surface area contributed by atoms with E-state index in [2.05, 4.69) is 51.9 Å². The maximum atomic E-state index is 5.81. The Bertz CT molecular complexity index is 506. The normalized spacial score (nSPS) is 10.4. The molecule has 4 heteroatoms.